The van der Waals surface area contributed by atoms with Crippen molar-refractivity contribution in [1.29, 1.82) is 0 Å². The minimum Gasteiger partial charge on any atom is -0.492 e. The standard InChI is InChI=1S/C24H31NO5S/c1-12(2)17-10-18(13(3)4)22(19(11-17)14(5)6)31(28,29)30-25-23(26)20-15-7-8-16(9-15)21(20)24(25)27/h7-8,10-16,26-27H,9H2,1-6H3. The molecule has 2 unspecified atom stereocenters. The van der Waals surface area contributed by atoms with Crippen molar-refractivity contribution >= 4 is 10.1 Å². The summed E-state index contributed by atoms with van der Waals surface area (Å²) in [6.07, 6.45) is 4.73. The molecule has 0 fully saturated rings. The van der Waals surface area contributed by atoms with Crippen LogP contribution in [0.15, 0.2) is 29.2 Å². The summed E-state index contributed by atoms with van der Waals surface area (Å²) in [5.41, 5.74) is 3.54. The highest BCUT2D eigenvalue weighted by atomic mass is 32.2. The number of nitrogens with zero attached hydrogens (tertiary/aromatic N) is 1. The summed E-state index contributed by atoms with van der Waals surface area (Å²) in [6.45, 7) is 12.0. The Kier molecular flexibility index (Phi) is 5.16. The van der Waals surface area contributed by atoms with Crippen LogP contribution in [0.3, 0.4) is 0 Å². The minimum atomic E-state index is -4.33. The number of hydrogen-bond acceptors (Lipinski definition) is 5. The van der Waals surface area contributed by atoms with Gasteiger partial charge in [0.25, 0.3) is 0 Å². The quantitative estimate of drug-likeness (QED) is 0.595. The van der Waals surface area contributed by atoms with E-state index in [1.165, 1.54) is 0 Å². The van der Waals surface area contributed by atoms with Gasteiger partial charge in [0.2, 0.25) is 11.8 Å². The first kappa shape index (κ1) is 21.8. The Labute approximate surface area is 184 Å². The van der Waals surface area contributed by atoms with E-state index in [1.807, 2.05) is 52.0 Å². The van der Waals surface area contributed by atoms with Gasteiger partial charge in [-0.25, -0.2) is 0 Å². The number of fused-ring (bicyclic) bond motifs is 5. The number of aromatic hydroxyl groups is 2. The van der Waals surface area contributed by atoms with E-state index >= 15 is 0 Å². The molecular weight excluding hydrogens is 414 g/mol. The lowest BCUT2D eigenvalue weighted by atomic mass is 9.89. The first-order valence-corrected chi connectivity index (χ1v) is 12.3. The number of rotatable bonds is 6. The van der Waals surface area contributed by atoms with Crippen molar-refractivity contribution in [1.82, 2.24) is 4.73 Å². The van der Waals surface area contributed by atoms with Crippen LogP contribution in [0.1, 0.15) is 105 Å². The maximum Gasteiger partial charge on any atom is 0.357 e. The monoisotopic (exact) mass is 445 g/mol. The van der Waals surface area contributed by atoms with Crippen molar-refractivity contribution in [3.05, 3.63) is 52.1 Å². The lowest BCUT2D eigenvalue weighted by Crippen LogP contribution is -2.23. The van der Waals surface area contributed by atoms with E-state index in [4.69, 9.17) is 4.28 Å². The van der Waals surface area contributed by atoms with E-state index in [2.05, 4.69) is 13.8 Å². The average molecular weight is 446 g/mol. The third-order valence-corrected chi connectivity index (χ3v) is 7.80. The van der Waals surface area contributed by atoms with Gasteiger partial charge in [-0.1, -0.05) is 70.6 Å². The molecule has 7 heteroatoms. The Bertz CT molecular complexity index is 1110. The van der Waals surface area contributed by atoms with Crippen LogP contribution in [-0.4, -0.2) is 23.4 Å². The molecule has 0 amide bonds. The predicted octanol–water partition coefficient (Wildman–Crippen LogP) is 5.23. The Morgan fingerprint density at radius 2 is 1.32 bits per heavy atom. The fraction of sp³-hybridized carbons (Fsp3) is 0.500. The summed E-state index contributed by atoms with van der Waals surface area (Å²) < 4.78 is 33.2. The Morgan fingerprint density at radius 3 is 1.71 bits per heavy atom. The molecule has 0 radical (unpaired) electrons. The Hall–Kier alpha value is -2.41. The van der Waals surface area contributed by atoms with Gasteiger partial charge in [0, 0.05) is 23.0 Å². The van der Waals surface area contributed by atoms with Gasteiger partial charge in [-0.15, -0.1) is 0 Å². The van der Waals surface area contributed by atoms with E-state index in [1.54, 1.807) is 0 Å². The van der Waals surface area contributed by atoms with Crippen LogP contribution in [0.5, 0.6) is 11.8 Å². The van der Waals surface area contributed by atoms with Crippen LogP contribution in [0, 0.1) is 0 Å². The van der Waals surface area contributed by atoms with Gasteiger partial charge in [0.15, 0.2) is 0 Å². The van der Waals surface area contributed by atoms with Crippen LogP contribution in [0.2, 0.25) is 0 Å². The molecule has 2 bridgehead atoms. The van der Waals surface area contributed by atoms with Crippen LogP contribution >= 0.6 is 0 Å². The normalized spacial score (nSPS) is 19.8. The third kappa shape index (κ3) is 3.34. The third-order valence-electron chi connectivity index (χ3n) is 6.48. The molecule has 168 valence electrons. The molecule has 1 aromatic carbocycles. The molecule has 0 saturated heterocycles. The zero-order valence-corrected chi connectivity index (χ0v) is 19.7. The van der Waals surface area contributed by atoms with Gasteiger partial charge in [-0.2, -0.15) is 8.42 Å². The minimum absolute atomic E-state index is 0.0266. The molecule has 2 aromatic rings. The first-order valence-electron chi connectivity index (χ1n) is 10.9. The molecule has 0 saturated carbocycles. The maximum atomic E-state index is 13.6. The van der Waals surface area contributed by atoms with E-state index in [0.29, 0.717) is 27.0 Å². The van der Waals surface area contributed by atoms with Gasteiger partial charge in [-0.05, 0) is 40.9 Å². The summed E-state index contributed by atoms with van der Waals surface area (Å²) in [5.74, 6) is -0.602. The highest BCUT2D eigenvalue weighted by Gasteiger charge is 2.43. The second-order valence-electron chi connectivity index (χ2n) is 9.62. The van der Waals surface area contributed by atoms with Crippen LogP contribution < -0.4 is 4.28 Å². The summed E-state index contributed by atoms with van der Waals surface area (Å²) in [4.78, 5) is 0.121. The largest absolute Gasteiger partial charge is 0.492 e. The smallest absolute Gasteiger partial charge is 0.357 e. The summed E-state index contributed by atoms with van der Waals surface area (Å²) in [7, 11) is -4.33. The molecular formula is C24H31NO5S. The number of aromatic nitrogens is 1. The van der Waals surface area contributed by atoms with Gasteiger partial charge < -0.3 is 10.2 Å². The summed E-state index contributed by atoms with van der Waals surface area (Å²) in [6, 6.07) is 3.86. The zero-order chi connectivity index (χ0) is 22.8. The van der Waals surface area contributed by atoms with Gasteiger partial charge in [0.1, 0.15) is 4.90 Å². The number of benzene rings is 1. The number of allylic oxidation sites excluding steroid dienone is 2. The average Bonchev–Trinajstić information content (AvgIpc) is 3.36. The van der Waals surface area contributed by atoms with Crippen molar-refractivity contribution in [3.8, 4) is 11.8 Å². The van der Waals surface area contributed by atoms with E-state index < -0.39 is 10.1 Å². The van der Waals surface area contributed by atoms with Gasteiger partial charge >= 0.3 is 10.1 Å². The highest BCUT2D eigenvalue weighted by Crippen LogP contribution is 2.56. The van der Waals surface area contributed by atoms with Crippen molar-refractivity contribution in [3.63, 3.8) is 0 Å². The lowest BCUT2D eigenvalue weighted by Gasteiger charge is -2.22. The summed E-state index contributed by atoms with van der Waals surface area (Å²) >= 11 is 0. The molecule has 2 aliphatic carbocycles. The highest BCUT2D eigenvalue weighted by molar-refractivity contribution is 7.87. The maximum absolute atomic E-state index is 13.6. The molecule has 31 heavy (non-hydrogen) atoms. The van der Waals surface area contributed by atoms with Gasteiger partial charge in [-0.3, -0.25) is 4.28 Å². The zero-order valence-electron chi connectivity index (χ0n) is 18.9. The fourth-order valence-electron chi connectivity index (χ4n) is 4.80. The SMILES string of the molecule is CC(C)c1cc(C(C)C)c(S(=O)(=O)On2c(O)c3c(c2O)C2C=CC3C2)c(C(C)C)c1. The Morgan fingerprint density at radius 1 is 0.871 bits per heavy atom. The molecule has 2 N–H and O–H groups in total. The summed E-state index contributed by atoms with van der Waals surface area (Å²) in [5, 5.41) is 21.4. The molecule has 1 heterocycles. The molecule has 2 aliphatic rings. The van der Waals surface area contributed by atoms with Crippen molar-refractivity contribution in [2.75, 3.05) is 0 Å². The van der Waals surface area contributed by atoms with Crippen LogP contribution in [0.25, 0.3) is 0 Å². The molecule has 6 nitrogen and oxygen atoms in total. The molecule has 2 atom stereocenters. The second-order valence-corrected chi connectivity index (χ2v) is 11.1. The van der Waals surface area contributed by atoms with E-state index in [-0.39, 0.29) is 46.2 Å². The lowest BCUT2D eigenvalue weighted by molar-refractivity contribution is 0.200. The molecule has 1 aromatic heterocycles. The number of hydrogen-bond donors (Lipinski definition) is 2. The fourth-order valence-corrected chi connectivity index (χ4v) is 6.38. The first-order chi connectivity index (χ1) is 14.4. The van der Waals surface area contributed by atoms with E-state index in [9.17, 15) is 18.6 Å². The van der Waals surface area contributed by atoms with Crippen molar-refractivity contribution in [2.45, 2.75) is 82.4 Å². The second kappa shape index (κ2) is 7.33. The topological polar surface area (TPSA) is 88.8 Å². The van der Waals surface area contributed by atoms with Crippen LogP contribution in [0.4, 0.5) is 0 Å². The van der Waals surface area contributed by atoms with Gasteiger partial charge in [0.05, 0.1) is 0 Å². The van der Waals surface area contributed by atoms with Crippen molar-refractivity contribution < 1.29 is 22.9 Å². The van der Waals surface area contributed by atoms with Crippen LogP contribution in [-0.2, 0) is 10.1 Å². The van der Waals surface area contributed by atoms with E-state index in [0.717, 1.165) is 12.0 Å². The Balaban J connectivity index is 1.86. The molecule has 0 spiro atoms. The molecule has 4 rings (SSSR count). The molecule has 0 aliphatic heterocycles. The predicted molar refractivity (Wildman–Crippen MR) is 119 cm³/mol. The van der Waals surface area contributed by atoms with Crippen molar-refractivity contribution in [2.24, 2.45) is 0 Å².